The predicted molar refractivity (Wildman–Crippen MR) is 89.6 cm³/mol. The van der Waals surface area contributed by atoms with Gasteiger partial charge in [0.2, 0.25) is 0 Å². The summed E-state index contributed by atoms with van der Waals surface area (Å²) in [5, 5.41) is 16.8. The van der Waals surface area contributed by atoms with Gasteiger partial charge in [-0.15, -0.1) is 11.3 Å². The third-order valence-corrected chi connectivity index (χ3v) is 6.39. The first-order valence-corrected chi connectivity index (χ1v) is 9.53. The second kappa shape index (κ2) is 6.80. The summed E-state index contributed by atoms with van der Waals surface area (Å²) >= 11 is 1.86. The van der Waals surface area contributed by atoms with E-state index in [9.17, 15) is 5.11 Å². The van der Waals surface area contributed by atoms with E-state index in [0.717, 1.165) is 25.3 Å². The normalized spacial score (nSPS) is 32.4. The van der Waals surface area contributed by atoms with Gasteiger partial charge in [-0.05, 0) is 49.0 Å². The summed E-state index contributed by atoms with van der Waals surface area (Å²) in [5.41, 5.74) is -0.480. The van der Waals surface area contributed by atoms with Gasteiger partial charge >= 0.3 is 0 Å². The highest BCUT2D eigenvalue weighted by molar-refractivity contribution is 7.10. The van der Waals surface area contributed by atoms with Crippen molar-refractivity contribution in [2.75, 3.05) is 6.54 Å². The van der Waals surface area contributed by atoms with Crippen LogP contribution in [-0.4, -0.2) is 17.3 Å². The Morgan fingerprint density at radius 1 is 1.33 bits per heavy atom. The molecule has 0 aromatic carbocycles. The van der Waals surface area contributed by atoms with E-state index in [4.69, 9.17) is 0 Å². The van der Waals surface area contributed by atoms with Gasteiger partial charge in [0, 0.05) is 17.5 Å². The van der Waals surface area contributed by atoms with Crippen LogP contribution < -0.4 is 5.32 Å². The topological polar surface area (TPSA) is 32.3 Å². The molecule has 21 heavy (non-hydrogen) atoms. The molecule has 1 aromatic rings. The van der Waals surface area contributed by atoms with E-state index >= 15 is 0 Å². The molecule has 3 unspecified atom stereocenters. The Morgan fingerprint density at radius 2 is 2.14 bits per heavy atom. The molecule has 1 aromatic heterocycles. The largest absolute Gasteiger partial charge is 0.389 e. The van der Waals surface area contributed by atoms with E-state index in [0.29, 0.717) is 12.0 Å². The Hall–Kier alpha value is -0.380. The van der Waals surface area contributed by atoms with Crippen LogP contribution in [0, 0.1) is 11.8 Å². The molecule has 2 aliphatic rings. The number of rotatable bonds is 5. The van der Waals surface area contributed by atoms with Crippen molar-refractivity contribution in [3.8, 4) is 0 Å². The van der Waals surface area contributed by atoms with E-state index in [-0.39, 0.29) is 0 Å². The lowest BCUT2D eigenvalue weighted by molar-refractivity contribution is -0.0150. The average molecular weight is 308 g/mol. The van der Waals surface area contributed by atoms with Crippen LogP contribution in [-0.2, 0) is 0 Å². The Labute approximate surface area is 133 Å². The van der Waals surface area contributed by atoms with Crippen LogP contribution in [0.5, 0.6) is 0 Å². The highest BCUT2D eigenvalue weighted by Crippen LogP contribution is 2.38. The standard InChI is InChI=1S/C18H29NOS/c1-14-6-4-10-18(20,12-14)13-19-17(15-7-2-3-8-15)16-9-5-11-21-16/h5,9,11,14-15,17,19-20H,2-4,6-8,10,12-13H2,1H3. The van der Waals surface area contributed by atoms with E-state index in [2.05, 4.69) is 29.8 Å². The third kappa shape index (κ3) is 3.88. The molecule has 1 heterocycles. The zero-order chi connectivity index (χ0) is 14.7. The molecule has 118 valence electrons. The molecule has 0 radical (unpaired) electrons. The number of hydrogen-bond acceptors (Lipinski definition) is 3. The number of thiophene rings is 1. The Bertz CT molecular complexity index is 426. The SMILES string of the molecule is CC1CCCC(O)(CNC(c2cccs2)C2CCCC2)C1. The van der Waals surface area contributed by atoms with Crippen LogP contribution >= 0.6 is 11.3 Å². The van der Waals surface area contributed by atoms with E-state index in [1.54, 1.807) is 0 Å². The molecule has 0 spiro atoms. The number of aliphatic hydroxyl groups is 1. The maximum absolute atomic E-state index is 10.9. The monoisotopic (exact) mass is 307 g/mol. The van der Waals surface area contributed by atoms with Gasteiger partial charge < -0.3 is 10.4 Å². The van der Waals surface area contributed by atoms with Crippen molar-refractivity contribution < 1.29 is 5.11 Å². The summed E-state index contributed by atoms with van der Waals surface area (Å²) in [4.78, 5) is 1.45. The first kappa shape index (κ1) is 15.5. The van der Waals surface area contributed by atoms with E-state index in [1.807, 2.05) is 11.3 Å². The maximum Gasteiger partial charge on any atom is 0.0774 e. The van der Waals surface area contributed by atoms with Gasteiger partial charge in [0.15, 0.2) is 0 Å². The fourth-order valence-corrected chi connectivity index (χ4v) is 5.25. The quantitative estimate of drug-likeness (QED) is 0.839. The number of nitrogens with one attached hydrogen (secondary N) is 1. The fourth-order valence-electron chi connectivity index (χ4n) is 4.35. The predicted octanol–water partition coefficient (Wildman–Crippen LogP) is 4.51. The van der Waals surface area contributed by atoms with Crippen molar-refractivity contribution in [1.29, 1.82) is 0 Å². The van der Waals surface area contributed by atoms with Gasteiger partial charge in [-0.2, -0.15) is 0 Å². The van der Waals surface area contributed by atoms with Crippen LogP contribution in [0.3, 0.4) is 0 Å². The molecule has 0 aliphatic heterocycles. The van der Waals surface area contributed by atoms with E-state index in [1.165, 1.54) is 43.4 Å². The molecular weight excluding hydrogens is 278 g/mol. The smallest absolute Gasteiger partial charge is 0.0774 e. The van der Waals surface area contributed by atoms with Gasteiger partial charge in [-0.1, -0.05) is 38.7 Å². The molecule has 3 heteroatoms. The second-order valence-corrected chi connectivity index (χ2v) is 8.32. The van der Waals surface area contributed by atoms with Gasteiger partial charge in [0.25, 0.3) is 0 Å². The Kier molecular flexibility index (Phi) is 5.03. The average Bonchev–Trinajstić information content (AvgIpc) is 3.11. The van der Waals surface area contributed by atoms with Gasteiger partial charge in [-0.25, -0.2) is 0 Å². The molecule has 2 saturated carbocycles. The van der Waals surface area contributed by atoms with Crippen LogP contribution in [0.4, 0.5) is 0 Å². The summed E-state index contributed by atoms with van der Waals surface area (Å²) in [6.45, 7) is 3.04. The Balaban J connectivity index is 1.64. The molecule has 2 nitrogen and oxygen atoms in total. The zero-order valence-corrected chi connectivity index (χ0v) is 14.0. The maximum atomic E-state index is 10.9. The minimum atomic E-state index is -0.480. The molecule has 2 aliphatic carbocycles. The molecule has 2 N–H and O–H groups in total. The Morgan fingerprint density at radius 3 is 2.81 bits per heavy atom. The van der Waals surface area contributed by atoms with Crippen molar-refractivity contribution in [3.63, 3.8) is 0 Å². The zero-order valence-electron chi connectivity index (χ0n) is 13.2. The molecular formula is C18H29NOS. The molecule has 3 rings (SSSR count). The molecule has 2 fully saturated rings. The summed E-state index contributed by atoms with van der Waals surface area (Å²) in [6.07, 6.45) is 9.79. The number of hydrogen-bond donors (Lipinski definition) is 2. The van der Waals surface area contributed by atoms with Crippen molar-refractivity contribution in [3.05, 3.63) is 22.4 Å². The lowest BCUT2D eigenvalue weighted by atomic mass is 9.78. The third-order valence-electron chi connectivity index (χ3n) is 5.44. The molecule has 0 amide bonds. The summed E-state index contributed by atoms with van der Waals surface area (Å²) in [7, 11) is 0. The van der Waals surface area contributed by atoms with Crippen molar-refractivity contribution in [2.45, 2.75) is 69.9 Å². The van der Waals surface area contributed by atoms with Gasteiger partial charge in [-0.3, -0.25) is 0 Å². The minimum Gasteiger partial charge on any atom is -0.389 e. The molecule has 0 saturated heterocycles. The lowest BCUT2D eigenvalue weighted by Gasteiger charge is -2.37. The van der Waals surface area contributed by atoms with Crippen molar-refractivity contribution in [2.24, 2.45) is 11.8 Å². The van der Waals surface area contributed by atoms with Gasteiger partial charge in [0.1, 0.15) is 0 Å². The van der Waals surface area contributed by atoms with Crippen LogP contribution in [0.15, 0.2) is 17.5 Å². The van der Waals surface area contributed by atoms with Gasteiger partial charge in [0.05, 0.1) is 5.60 Å². The first-order valence-electron chi connectivity index (χ1n) is 8.65. The highest BCUT2D eigenvalue weighted by Gasteiger charge is 2.34. The summed E-state index contributed by atoms with van der Waals surface area (Å²) < 4.78 is 0. The van der Waals surface area contributed by atoms with Crippen LogP contribution in [0.2, 0.25) is 0 Å². The van der Waals surface area contributed by atoms with Crippen molar-refractivity contribution >= 4 is 11.3 Å². The molecule has 3 atom stereocenters. The summed E-state index contributed by atoms with van der Waals surface area (Å²) in [6, 6.07) is 4.86. The second-order valence-electron chi connectivity index (χ2n) is 7.34. The van der Waals surface area contributed by atoms with E-state index < -0.39 is 5.60 Å². The van der Waals surface area contributed by atoms with Crippen LogP contribution in [0.25, 0.3) is 0 Å². The lowest BCUT2D eigenvalue weighted by Crippen LogP contribution is -2.45. The van der Waals surface area contributed by atoms with Crippen LogP contribution in [0.1, 0.15) is 69.2 Å². The molecule has 0 bridgehead atoms. The first-order chi connectivity index (χ1) is 10.2. The highest BCUT2D eigenvalue weighted by atomic mass is 32.1. The van der Waals surface area contributed by atoms with Crippen molar-refractivity contribution in [1.82, 2.24) is 5.32 Å². The minimum absolute atomic E-state index is 0.453. The summed E-state index contributed by atoms with van der Waals surface area (Å²) in [5.74, 6) is 1.42. The fraction of sp³-hybridized carbons (Fsp3) is 0.778.